The topological polar surface area (TPSA) is 57.5 Å². The van der Waals surface area contributed by atoms with E-state index in [4.69, 9.17) is 10.2 Å². The van der Waals surface area contributed by atoms with Gasteiger partial charge in [-0.05, 0) is 38.5 Å². The normalized spacial score (nSPS) is 11.3. The summed E-state index contributed by atoms with van der Waals surface area (Å²) < 4.78 is 0. The van der Waals surface area contributed by atoms with Crippen molar-refractivity contribution < 1.29 is 15.0 Å². The minimum Gasteiger partial charge on any atom is -0.481 e. The molecule has 0 unspecified atom stereocenters. The number of carboxylic acids is 1. The van der Waals surface area contributed by atoms with Crippen molar-refractivity contribution in [2.24, 2.45) is 0 Å². The zero-order valence-corrected chi connectivity index (χ0v) is 14.3. The lowest BCUT2D eigenvalue weighted by Gasteiger charge is -2.00. The zero-order valence-electron chi connectivity index (χ0n) is 14.3. The highest BCUT2D eigenvalue weighted by Crippen LogP contribution is 2.10. The van der Waals surface area contributed by atoms with Crippen molar-refractivity contribution in [1.82, 2.24) is 0 Å². The molecule has 0 saturated heterocycles. The summed E-state index contributed by atoms with van der Waals surface area (Å²) in [5.41, 5.74) is 0. The maximum atomic E-state index is 10.3. The van der Waals surface area contributed by atoms with Crippen molar-refractivity contribution in [2.75, 3.05) is 6.61 Å². The summed E-state index contributed by atoms with van der Waals surface area (Å²) in [6.07, 6.45) is 21.5. The second-order valence-electron chi connectivity index (χ2n) is 6.16. The third-order valence-electron chi connectivity index (χ3n) is 3.96. The first kappa shape index (κ1) is 21.2. The summed E-state index contributed by atoms with van der Waals surface area (Å²) in [7, 11) is 0. The van der Waals surface area contributed by atoms with E-state index in [1.807, 2.05) is 0 Å². The minimum atomic E-state index is -0.669. The molecule has 0 saturated carbocycles. The van der Waals surface area contributed by atoms with Crippen LogP contribution in [0.5, 0.6) is 0 Å². The van der Waals surface area contributed by atoms with Gasteiger partial charge in [-0.15, -0.1) is 0 Å². The summed E-state index contributed by atoms with van der Waals surface area (Å²) in [5.74, 6) is -0.669. The number of carboxylic acid groups (broad SMARTS) is 1. The number of aliphatic hydroxyl groups excluding tert-OH is 1. The van der Waals surface area contributed by atoms with Gasteiger partial charge in [-0.3, -0.25) is 4.79 Å². The fraction of sp³-hybridized carbons (Fsp3) is 0.842. The Labute approximate surface area is 136 Å². The predicted octanol–water partition coefficient (Wildman–Crippen LogP) is 5.47. The molecule has 0 aromatic rings. The van der Waals surface area contributed by atoms with Crippen LogP contribution in [0.4, 0.5) is 0 Å². The predicted molar refractivity (Wildman–Crippen MR) is 93.1 cm³/mol. The summed E-state index contributed by atoms with van der Waals surface area (Å²) >= 11 is 0. The number of rotatable bonds is 17. The van der Waals surface area contributed by atoms with Gasteiger partial charge in [0.1, 0.15) is 0 Å². The summed E-state index contributed by atoms with van der Waals surface area (Å²) in [4.78, 5) is 10.3. The van der Waals surface area contributed by atoms with Gasteiger partial charge in [-0.2, -0.15) is 0 Å². The average Bonchev–Trinajstić information content (AvgIpc) is 2.50. The molecule has 0 heterocycles. The number of hydrogen-bond acceptors (Lipinski definition) is 2. The van der Waals surface area contributed by atoms with Crippen LogP contribution in [0.25, 0.3) is 0 Å². The number of unbranched alkanes of at least 4 members (excludes halogenated alkanes) is 12. The van der Waals surface area contributed by atoms with E-state index in [2.05, 4.69) is 12.2 Å². The molecule has 0 spiro atoms. The van der Waals surface area contributed by atoms with Gasteiger partial charge in [-0.1, -0.05) is 63.5 Å². The van der Waals surface area contributed by atoms with E-state index in [1.165, 1.54) is 64.2 Å². The van der Waals surface area contributed by atoms with Crippen LogP contribution in [-0.4, -0.2) is 22.8 Å². The van der Waals surface area contributed by atoms with E-state index in [9.17, 15) is 4.79 Å². The third kappa shape index (κ3) is 19.2. The van der Waals surface area contributed by atoms with E-state index < -0.39 is 5.97 Å². The van der Waals surface area contributed by atoms with Crippen LogP contribution in [0.15, 0.2) is 12.2 Å². The summed E-state index contributed by atoms with van der Waals surface area (Å²) in [6.45, 7) is 0.336. The molecule has 0 rings (SSSR count). The highest BCUT2D eigenvalue weighted by Gasteiger charge is 1.96. The molecule has 3 nitrogen and oxygen atoms in total. The van der Waals surface area contributed by atoms with Crippen LogP contribution in [0.1, 0.15) is 96.3 Å². The molecule has 22 heavy (non-hydrogen) atoms. The Balaban J connectivity index is 3.06. The average molecular weight is 312 g/mol. The SMILES string of the molecule is O=C(O)CCCCCCCCCC=CCCCCCCCO. The lowest BCUT2D eigenvalue weighted by atomic mass is 10.1. The highest BCUT2D eigenvalue weighted by molar-refractivity contribution is 5.66. The lowest BCUT2D eigenvalue weighted by molar-refractivity contribution is -0.137. The van der Waals surface area contributed by atoms with E-state index in [-0.39, 0.29) is 0 Å². The zero-order chi connectivity index (χ0) is 16.3. The van der Waals surface area contributed by atoms with Crippen LogP contribution < -0.4 is 0 Å². The van der Waals surface area contributed by atoms with Crippen molar-refractivity contribution >= 4 is 5.97 Å². The van der Waals surface area contributed by atoms with Crippen molar-refractivity contribution in [2.45, 2.75) is 96.3 Å². The van der Waals surface area contributed by atoms with Gasteiger partial charge >= 0.3 is 5.97 Å². The van der Waals surface area contributed by atoms with Gasteiger partial charge in [0.05, 0.1) is 0 Å². The Kier molecular flexibility index (Phi) is 17.5. The first-order chi connectivity index (χ1) is 10.8. The largest absolute Gasteiger partial charge is 0.481 e. The van der Waals surface area contributed by atoms with Crippen LogP contribution in [0.2, 0.25) is 0 Å². The van der Waals surface area contributed by atoms with Gasteiger partial charge in [0.15, 0.2) is 0 Å². The standard InChI is InChI=1S/C19H36O3/c20-18-16-14-12-10-8-6-4-2-1-3-5-7-9-11-13-15-17-19(21)22/h2,4,20H,1,3,5-18H2,(H,21,22). The smallest absolute Gasteiger partial charge is 0.303 e. The lowest BCUT2D eigenvalue weighted by Crippen LogP contribution is -1.93. The van der Waals surface area contributed by atoms with Gasteiger partial charge in [0.25, 0.3) is 0 Å². The van der Waals surface area contributed by atoms with Crippen LogP contribution >= 0.6 is 0 Å². The molecule has 2 N–H and O–H groups in total. The van der Waals surface area contributed by atoms with Crippen molar-refractivity contribution in [1.29, 1.82) is 0 Å². The van der Waals surface area contributed by atoms with Gasteiger partial charge in [-0.25, -0.2) is 0 Å². The molecule has 3 heteroatoms. The molecule has 0 radical (unpaired) electrons. The monoisotopic (exact) mass is 312 g/mol. The maximum Gasteiger partial charge on any atom is 0.303 e. The molecule has 0 atom stereocenters. The van der Waals surface area contributed by atoms with Crippen LogP contribution in [-0.2, 0) is 4.79 Å². The molecule has 0 bridgehead atoms. The maximum absolute atomic E-state index is 10.3. The minimum absolute atomic E-state index is 0.326. The number of carbonyl (C=O) groups is 1. The van der Waals surface area contributed by atoms with E-state index in [1.54, 1.807) is 0 Å². The van der Waals surface area contributed by atoms with Crippen LogP contribution in [0.3, 0.4) is 0 Å². The molecule has 0 aromatic carbocycles. The first-order valence-corrected chi connectivity index (χ1v) is 9.25. The molecule has 0 aliphatic heterocycles. The Morgan fingerprint density at radius 3 is 1.50 bits per heavy atom. The fourth-order valence-corrected chi connectivity index (χ4v) is 2.56. The van der Waals surface area contributed by atoms with Gasteiger partial charge < -0.3 is 10.2 Å². The molecule has 130 valence electrons. The summed E-state index contributed by atoms with van der Waals surface area (Å²) in [6, 6.07) is 0. The number of allylic oxidation sites excluding steroid dienone is 2. The van der Waals surface area contributed by atoms with E-state index in [0.717, 1.165) is 25.7 Å². The highest BCUT2D eigenvalue weighted by atomic mass is 16.4. The summed E-state index contributed by atoms with van der Waals surface area (Å²) in [5, 5.41) is 17.2. The quantitative estimate of drug-likeness (QED) is 0.276. The third-order valence-corrected chi connectivity index (χ3v) is 3.96. The second-order valence-corrected chi connectivity index (χ2v) is 6.16. The Hall–Kier alpha value is -0.830. The van der Waals surface area contributed by atoms with Gasteiger partial charge in [0.2, 0.25) is 0 Å². The first-order valence-electron chi connectivity index (χ1n) is 9.25. The van der Waals surface area contributed by atoms with E-state index in [0.29, 0.717) is 13.0 Å². The molecule has 0 amide bonds. The molecule has 0 aromatic heterocycles. The second kappa shape index (κ2) is 18.2. The Morgan fingerprint density at radius 2 is 1.05 bits per heavy atom. The molecule has 0 aliphatic carbocycles. The molecular weight excluding hydrogens is 276 g/mol. The number of hydrogen-bond donors (Lipinski definition) is 2. The van der Waals surface area contributed by atoms with Crippen molar-refractivity contribution in [3.05, 3.63) is 12.2 Å². The van der Waals surface area contributed by atoms with Gasteiger partial charge in [0, 0.05) is 13.0 Å². The molecule has 0 aliphatic rings. The number of aliphatic carboxylic acids is 1. The Bertz CT molecular complexity index is 261. The molecule has 0 fully saturated rings. The van der Waals surface area contributed by atoms with Crippen LogP contribution in [0, 0.1) is 0 Å². The number of aliphatic hydroxyl groups is 1. The molecular formula is C19H36O3. The van der Waals surface area contributed by atoms with E-state index >= 15 is 0 Å². The van der Waals surface area contributed by atoms with Crippen molar-refractivity contribution in [3.8, 4) is 0 Å². The van der Waals surface area contributed by atoms with Crippen molar-refractivity contribution in [3.63, 3.8) is 0 Å². The Morgan fingerprint density at radius 1 is 0.636 bits per heavy atom. The fourth-order valence-electron chi connectivity index (χ4n) is 2.56.